The predicted molar refractivity (Wildman–Crippen MR) is 119 cm³/mol. The third-order valence-electron chi connectivity index (χ3n) is 5.27. The molecule has 1 fully saturated rings. The van der Waals surface area contributed by atoms with E-state index in [0.717, 1.165) is 22.8 Å². The number of aliphatic hydroxyl groups excluding tert-OH is 1. The highest BCUT2D eigenvalue weighted by atomic mass is 32.1. The van der Waals surface area contributed by atoms with Gasteiger partial charge in [0.25, 0.3) is 0 Å². The van der Waals surface area contributed by atoms with Crippen molar-refractivity contribution in [1.82, 2.24) is 19.8 Å². The molecule has 0 bridgehead atoms. The maximum Gasteiger partial charge on any atom is 0.170 e. The van der Waals surface area contributed by atoms with Crippen molar-refractivity contribution in [3.8, 4) is 5.69 Å². The molecule has 3 heterocycles. The van der Waals surface area contributed by atoms with E-state index in [1.54, 1.807) is 6.20 Å². The summed E-state index contributed by atoms with van der Waals surface area (Å²) in [5.74, 6) is 0. The van der Waals surface area contributed by atoms with Gasteiger partial charge in [-0.25, -0.2) is 0 Å². The minimum atomic E-state index is -0.0926. The Bertz CT molecular complexity index is 970. The first-order chi connectivity index (χ1) is 14.1. The molecule has 2 N–H and O–H groups in total. The normalized spacial score (nSPS) is 18.7. The van der Waals surface area contributed by atoms with Crippen molar-refractivity contribution in [2.75, 3.05) is 32.1 Å². The summed E-state index contributed by atoms with van der Waals surface area (Å²) in [6.07, 6.45) is 3.86. The van der Waals surface area contributed by atoms with Crippen LogP contribution in [0.25, 0.3) is 5.69 Å². The first kappa shape index (κ1) is 19.4. The predicted octanol–water partition coefficient (Wildman–Crippen LogP) is 2.90. The van der Waals surface area contributed by atoms with Crippen molar-refractivity contribution in [2.24, 2.45) is 0 Å². The second-order valence-electron chi connectivity index (χ2n) is 7.26. The van der Waals surface area contributed by atoms with Crippen LogP contribution in [0.1, 0.15) is 23.5 Å². The fourth-order valence-corrected chi connectivity index (χ4v) is 4.19. The van der Waals surface area contributed by atoms with Crippen LogP contribution in [0.15, 0.2) is 67.0 Å². The average Bonchev–Trinajstić information content (AvgIpc) is 3.34. The van der Waals surface area contributed by atoms with Crippen molar-refractivity contribution >= 4 is 23.0 Å². The van der Waals surface area contributed by atoms with Gasteiger partial charge in [-0.3, -0.25) is 4.98 Å². The topological polar surface area (TPSA) is 56.6 Å². The second-order valence-corrected chi connectivity index (χ2v) is 7.64. The molecule has 1 aromatic carbocycles. The van der Waals surface area contributed by atoms with Gasteiger partial charge in [0.2, 0.25) is 0 Å². The molecule has 3 aromatic rings. The first-order valence-corrected chi connectivity index (χ1v) is 10.0. The number of hydrogen-bond donors (Lipinski definition) is 2. The van der Waals surface area contributed by atoms with Gasteiger partial charge in [0.05, 0.1) is 24.4 Å². The minimum absolute atomic E-state index is 0.0332. The fraction of sp³-hybridized carbons (Fsp3) is 0.273. The number of thiocarbonyl (C=S) groups is 1. The third-order valence-corrected chi connectivity index (χ3v) is 5.62. The van der Waals surface area contributed by atoms with Gasteiger partial charge in [-0.2, -0.15) is 0 Å². The Hall–Kier alpha value is -2.90. The van der Waals surface area contributed by atoms with Crippen molar-refractivity contribution in [2.45, 2.75) is 12.1 Å². The highest BCUT2D eigenvalue weighted by molar-refractivity contribution is 7.80. The second kappa shape index (κ2) is 8.23. The van der Waals surface area contributed by atoms with Crippen molar-refractivity contribution in [3.63, 3.8) is 0 Å². The van der Waals surface area contributed by atoms with Gasteiger partial charge in [0, 0.05) is 50.1 Å². The summed E-state index contributed by atoms with van der Waals surface area (Å²) in [5, 5.41) is 13.7. The Morgan fingerprint density at radius 1 is 1.10 bits per heavy atom. The Balaban J connectivity index is 1.76. The number of β-amino-alcohol motifs (C(OH)–C–C–N with tert-alkyl or cyclic N) is 1. The lowest BCUT2D eigenvalue weighted by Gasteiger charge is -2.28. The molecule has 2 aromatic heterocycles. The van der Waals surface area contributed by atoms with Crippen LogP contribution in [-0.4, -0.2) is 51.9 Å². The van der Waals surface area contributed by atoms with Crippen LogP contribution in [0.5, 0.6) is 0 Å². The molecule has 2 atom stereocenters. The van der Waals surface area contributed by atoms with Gasteiger partial charge >= 0.3 is 0 Å². The van der Waals surface area contributed by atoms with Crippen LogP contribution in [0, 0.1) is 0 Å². The molecule has 1 aliphatic rings. The fourth-order valence-electron chi connectivity index (χ4n) is 3.86. The molecule has 1 saturated heterocycles. The quantitative estimate of drug-likeness (QED) is 0.613. The third kappa shape index (κ3) is 3.71. The zero-order valence-corrected chi connectivity index (χ0v) is 17.4. The summed E-state index contributed by atoms with van der Waals surface area (Å²) in [5.41, 5.74) is 4.26. The molecule has 0 spiro atoms. The highest BCUT2D eigenvalue weighted by Crippen LogP contribution is 2.39. The van der Waals surface area contributed by atoms with Crippen LogP contribution >= 0.6 is 12.2 Å². The van der Waals surface area contributed by atoms with Gasteiger partial charge in [0.15, 0.2) is 5.11 Å². The van der Waals surface area contributed by atoms with E-state index in [9.17, 15) is 5.11 Å². The number of pyridine rings is 1. The zero-order chi connectivity index (χ0) is 20.4. The van der Waals surface area contributed by atoms with Crippen molar-refractivity contribution in [3.05, 3.63) is 78.4 Å². The van der Waals surface area contributed by atoms with Crippen LogP contribution in [0.4, 0.5) is 5.69 Å². The molecular weight excluding hydrogens is 382 g/mol. The maximum atomic E-state index is 9.63. The summed E-state index contributed by atoms with van der Waals surface area (Å²) >= 11 is 5.60. The summed E-state index contributed by atoms with van der Waals surface area (Å²) in [6, 6.07) is 18.3. The minimum Gasteiger partial charge on any atom is -0.395 e. The summed E-state index contributed by atoms with van der Waals surface area (Å²) < 4.78 is 2.18. The Morgan fingerprint density at radius 2 is 1.90 bits per heavy atom. The Morgan fingerprint density at radius 3 is 2.55 bits per heavy atom. The van der Waals surface area contributed by atoms with Crippen LogP contribution in [0.3, 0.4) is 0 Å². The van der Waals surface area contributed by atoms with Gasteiger partial charge in [-0.05, 0) is 60.7 Å². The molecule has 29 heavy (non-hydrogen) atoms. The van der Waals surface area contributed by atoms with E-state index in [-0.39, 0.29) is 18.7 Å². The first-order valence-electron chi connectivity index (χ1n) is 9.64. The monoisotopic (exact) mass is 407 g/mol. The van der Waals surface area contributed by atoms with E-state index in [2.05, 4.69) is 61.2 Å². The van der Waals surface area contributed by atoms with E-state index >= 15 is 0 Å². The molecule has 4 rings (SSSR count). The number of aromatic nitrogens is 2. The number of aliphatic hydroxyl groups is 1. The van der Waals surface area contributed by atoms with Crippen molar-refractivity contribution in [1.29, 1.82) is 0 Å². The van der Waals surface area contributed by atoms with E-state index in [4.69, 9.17) is 12.2 Å². The number of nitrogens with one attached hydrogen (secondary N) is 1. The van der Waals surface area contributed by atoms with Crippen LogP contribution in [-0.2, 0) is 0 Å². The van der Waals surface area contributed by atoms with E-state index in [1.165, 1.54) is 0 Å². The zero-order valence-electron chi connectivity index (χ0n) is 16.6. The lowest BCUT2D eigenvalue weighted by molar-refractivity contribution is 0.220. The van der Waals surface area contributed by atoms with Gasteiger partial charge in [0.1, 0.15) is 0 Å². The van der Waals surface area contributed by atoms with E-state index in [1.807, 2.05) is 38.4 Å². The standard InChI is InChI=1S/C22H25N5OS/c1-25(2)16-8-10-17(11-9-16)26-13-5-7-19(26)21-20(18-6-3-4-12-23-18)24-22(29)27(21)14-15-28/h3-13,20-21,28H,14-15H2,1-2H3,(H,24,29)/t20-,21+/m1/s1. The van der Waals surface area contributed by atoms with Crippen LogP contribution in [0.2, 0.25) is 0 Å². The van der Waals surface area contributed by atoms with Crippen LogP contribution < -0.4 is 10.2 Å². The molecule has 0 unspecified atom stereocenters. The molecule has 0 amide bonds. The molecule has 6 nitrogen and oxygen atoms in total. The smallest absolute Gasteiger partial charge is 0.170 e. The molecule has 1 aliphatic heterocycles. The average molecular weight is 408 g/mol. The number of rotatable bonds is 6. The van der Waals surface area contributed by atoms with Gasteiger partial charge in [-0.15, -0.1) is 0 Å². The number of anilines is 1. The Kier molecular flexibility index (Phi) is 5.51. The lowest BCUT2D eigenvalue weighted by Crippen LogP contribution is -2.32. The van der Waals surface area contributed by atoms with Crippen molar-refractivity contribution < 1.29 is 5.11 Å². The highest BCUT2D eigenvalue weighted by Gasteiger charge is 2.40. The molecular formula is C22H25N5OS. The lowest BCUT2D eigenvalue weighted by atomic mass is 10.0. The molecule has 0 aliphatic carbocycles. The summed E-state index contributed by atoms with van der Waals surface area (Å²) in [7, 11) is 4.07. The maximum absolute atomic E-state index is 9.63. The van der Waals surface area contributed by atoms with E-state index in [0.29, 0.717) is 11.7 Å². The molecule has 0 radical (unpaired) electrons. The Labute approximate surface area is 176 Å². The van der Waals surface area contributed by atoms with Gasteiger partial charge < -0.3 is 24.8 Å². The van der Waals surface area contributed by atoms with E-state index < -0.39 is 0 Å². The number of nitrogens with zero attached hydrogens (tertiary/aromatic N) is 4. The summed E-state index contributed by atoms with van der Waals surface area (Å²) in [4.78, 5) is 8.69. The number of hydrogen-bond acceptors (Lipinski definition) is 4. The SMILES string of the molecule is CN(C)c1ccc(-n2cccc2[C@H]2[C@@H](c3ccccn3)NC(=S)N2CCO)cc1. The number of benzene rings is 1. The molecule has 0 saturated carbocycles. The molecule has 150 valence electrons. The molecule has 7 heteroatoms. The summed E-state index contributed by atoms with van der Waals surface area (Å²) in [6.45, 7) is 0.496. The largest absolute Gasteiger partial charge is 0.395 e. The van der Waals surface area contributed by atoms with Gasteiger partial charge in [-0.1, -0.05) is 6.07 Å².